The van der Waals surface area contributed by atoms with Gasteiger partial charge in [0.1, 0.15) is 5.75 Å². The first-order chi connectivity index (χ1) is 19.9. The van der Waals surface area contributed by atoms with E-state index in [-0.39, 0.29) is 30.4 Å². The summed E-state index contributed by atoms with van der Waals surface area (Å²) in [5.74, 6) is -0.200. The first-order valence-corrected chi connectivity index (χ1v) is 14.5. The van der Waals surface area contributed by atoms with E-state index in [1.165, 1.54) is 11.6 Å². The van der Waals surface area contributed by atoms with Crippen molar-refractivity contribution < 1.29 is 28.2 Å². The van der Waals surface area contributed by atoms with E-state index in [1.54, 1.807) is 12.1 Å². The number of aliphatic hydroxyl groups is 1. The van der Waals surface area contributed by atoms with E-state index in [0.29, 0.717) is 17.8 Å². The van der Waals surface area contributed by atoms with Gasteiger partial charge in [0.2, 0.25) is 0 Å². The number of aliphatic hydroxyl groups excluding tert-OH is 1. The first kappa shape index (κ1) is 30.0. The minimum absolute atomic E-state index is 0.0642. The standard InChI is InChI=1S/C32H40F2N4O4/c1-6-11-32(33,34)42-24-9-10-27-25(12-24)26(30(37-27)22-7-8-22)13-28-20(4)29(21(5)36-28)31(40)35-14-23(39)17-38-15-18(2)41-19(3)16-38/h6,9-10,12-13,18-19,23,36-37,39H,1,7-8,11,14-17H2,2-5H3,(H,35,40)/b26-13-/t18-,19+,23?. The number of rotatable bonds is 10. The van der Waals surface area contributed by atoms with Crippen LogP contribution in [0.5, 0.6) is 5.75 Å². The van der Waals surface area contributed by atoms with Gasteiger partial charge in [0, 0.05) is 59.0 Å². The molecule has 1 aliphatic heterocycles. The Hall–Kier alpha value is -3.47. The van der Waals surface area contributed by atoms with Gasteiger partial charge in [-0.1, -0.05) is 6.08 Å². The van der Waals surface area contributed by atoms with Gasteiger partial charge in [-0.3, -0.25) is 9.69 Å². The van der Waals surface area contributed by atoms with E-state index in [9.17, 15) is 18.7 Å². The van der Waals surface area contributed by atoms with Gasteiger partial charge in [-0.05, 0) is 75.9 Å². The maximum atomic E-state index is 14.2. The highest BCUT2D eigenvalue weighted by Gasteiger charge is 2.30. The third-order valence-corrected chi connectivity index (χ3v) is 7.77. The molecule has 0 spiro atoms. The molecule has 8 nitrogen and oxygen atoms in total. The second kappa shape index (κ2) is 12.0. The second-order valence-corrected chi connectivity index (χ2v) is 11.6. The van der Waals surface area contributed by atoms with Crippen molar-refractivity contribution in [2.45, 2.75) is 71.4 Å². The maximum Gasteiger partial charge on any atom is 0.401 e. The lowest BCUT2D eigenvalue weighted by molar-refractivity contribution is -0.172. The van der Waals surface area contributed by atoms with Crippen LogP contribution in [0.2, 0.25) is 0 Å². The molecule has 3 atom stereocenters. The van der Waals surface area contributed by atoms with Crippen LogP contribution in [0.15, 0.2) is 30.9 Å². The molecule has 2 fully saturated rings. The summed E-state index contributed by atoms with van der Waals surface area (Å²) < 4.78 is 39.1. The highest BCUT2D eigenvalue weighted by atomic mass is 19.3. The Kier molecular flexibility index (Phi) is 8.59. The highest BCUT2D eigenvalue weighted by Crippen LogP contribution is 2.29. The Balaban J connectivity index is 1.39. The predicted octanol–water partition coefficient (Wildman–Crippen LogP) is 3.63. The number of nitrogens with one attached hydrogen (secondary N) is 3. The van der Waals surface area contributed by atoms with E-state index in [4.69, 9.17) is 9.47 Å². The van der Waals surface area contributed by atoms with Gasteiger partial charge in [0.25, 0.3) is 5.91 Å². The Morgan fingerprint density at radius 3 is 2.64 bits per heavy atom. The van der Waals surface area contributed by atoms with Crippen LogP contribution in [-0.4, -0.2) is 76.5 Å². The van der Waals surface area contributed by atoms with Gasteiger partial charge >= 0.3 is 6.11 Å². The van der Waals surface area contributed by atoms with Crippen LogP contribution in [0.3, 0.4) is 0 Å². The highest BCUT2D eigenvalue weighted by molar-refractivity contribution is 5.98. The van der Waals surface area contributed by atoms with E-state index < -0.39 is 18.6 Å². The third kappa shape index (κ3) is 6.77. The molecule has 10 heteroatoms. The van der Waals surface area contributed by atoms with Crippen molar-refractivity contribution in [1.29, 1.82) is 0 Å². The summed E-state index contributed by atoms with van der Waals surface area (Å²) in [4.78, 5) is 22.2. The summed E-state index contributed by atoms with van der Waals surface area (Å²) in [5.41, 5.74) is 4.81. The first-order valence-electron chi connectivity index (χ1n) is 14.5. The molecule has 0 radical (unpaired) electrons. The van der Waals surface area contributed by atoms with Crippen LogP contribution in [0.4, 0.5) is 8.78 Å². The number of nitrogens with zero attached hydrogens (tertiary/aromatic N) is 1. The smallest absolute Gasteiger partial charge is 0.401 e. The number of ether oxygens (including phenoxy) is 2. The van der Waals surface area contributed by atoms with Crippen molar-refractivity contribution in [3.05, 3.63) is 63.9 Å². The fraction of sp³-hybridized carbons (Fsp3) is 0.469. The molecule has 2 aromatic heterocycles. The fourth-order valence-corrected chi connectivity index (χ4v) is 5.88. The summed E-state index contributed by atoms with van der Waals surface area (Å²) >= 11 is 0. The number of fused-ring (bicyclic) bond motifs is 1. The zero-order chi connectivity index (χ0) is 30.2. The molecule has 0 bridgehead atoms. The Morgan fingerprint density at radius 1 is 1.26 bits per heavy atom. The number of hydrogen-bond donors (Lipinski definition) is 4. The normalized spacial score (nSPS) is 20.6. The molecule has 42 heavy (non-hydrogen) atoms. The average Bonchev–Trinajstić information content (AvgIpc) is 3.62. The molecule has 3 heterocycles. The van der Waals surface area contributed by atoms with E-state index in [2.05, 4.69) is 26.8 Å². The number of carbonyl (C=O) groups is 1. The molecule has 1 saturated carbocycles. The van der Waals surface area contributed by atoms with Crippen LogP contribution < -0.4 is 20.6 Å². The second-order valence-electron chi connectivity index (χ2n) is 11.6. The Labute approximate surface area is 244 Å². The van der Waals surface area contributed by atoms with Gasteiger partial charge in [-0.15, -0.1) is 6.58 Å². The van der Waals surface area contributed by atoms with Gasteiger partial charge in [0.15, 0.2) is 0 Å². The Bertz CT molecular complexity index is 1590. The number of aromatic amines is 2. The molecule has 3 aromatic rings. The molecular weight excluding hydrogens is 542 g/mol. The lowest BCUT2D eigenvalue weighted by atomic mass is 10.1. The molecule has 1 unspecified atom stereocenters. The number of aromatic nitrogens is 2. The zero-order valence-electron chi connectivity index (χ0n) is 24.7. The summed E-state index contributed by atoms with van der Waals surface area (Å²) in [6, 6.07) is 4.90. The van der Waals surface area contributed by atoms with Gasteiger partial charge in [-0.2, -0.15) is 8.78 Å². The van der Waals surface area contributed by atoms with Crippen molar-refractivity contribution in [2.75, 3.05) is 26.2 Å². The fourth-order valence-electron chi connectivity index (χ4n) is 5.88. The van der Waals surface area contributed by atoms with Gasteiger partial charge in [-0.25, -0.2) is 0 Å². The van der Waals surface area contributed by atoms with Crippen LogP contribution in [0.1, 0.15) is 60.4 Å². The number of aryl methyl sites for hydroxylation is 1. The van der Waals surface area contributed by atoms with Crippen LogP contribution >= 0.6 is 0 Å². The lowest BCUT2D eigenvalue weighted by Crippen LogP contribution is -2.49. The molecule has 1 aromatic carbocycles. The number of alkyl halides is 2. The number of H-pyrrole nitrogens is 2. The van der Waals surface area contributed by atoms with Crippen molar-refractivity contribution in [1.82, 2.24) is 20.2 Å². The molecule has 4 N–H and O–H groups in total. The van der Waals surface area contributed by atoms with Crippen molar-refractivity contribution >= 4 is 28.5 Å². The lowest BCUT2D eigenvalue weighted by Gasteiger charge is -2.36. The number of benzene rings is 1. The maximum absolute atomic E-state index is 14.2. The largest absolute Gasteiger partial charge is 0.432 e. The van der Waals surface area contributed by atoms with E-state index in [0.717, 1.165) is 64.7 Å². The van der Waals surface area contributed by atoms with E-state index >= 15 is 0 Å². The topological polar surface area (TPSA) is 103 Å². The number of amides is 1. The number of halogens is 2. The molecule has 2 aliphatic rings. The molecule has 1 amide bonds. The minimum atomic E-state index is -3.36. The van der Waals surface area contributed by atoms with Crippen LogP contribution in [-0.2, 0) is 4.74 Å². The summed E-state index contributed by atoms with van der Waals surface area (Å²) in [6.07, 6.45) is 0.570. The van der Waals surface area contributed by atoms with Crippen molar-refractivity contribution in [2.24, 2.45) is 0 Å². The molecule has 226 valence electrons. The monoisotopic (exact) mass is 582 g/mol. The number of morpholine rings is 1. The van der Waals surface area contributed by atoms with Crippen molar-refractivity contribution in [3.63, 3.8) is 0 Å². The number of hydrogen-bond acceptors (Lipinski definition) is 5. The Morgan fingerprint density at radius 2 is 1.98 bits per heavy atom. The third-order valence-electron chi connectivity index (χ3n) is 7.77. The summed E-state index contributed by atoms with van der Waals surface area (Å²) in [6.45, 7) is 13.2. The van der Waals surface area contributed by atoms with E-state index in [1.807, 2.05) is 33.8 Å². The summed E-state index contributed by atoms with van der Waals surface area (Å²) in [7, 11) is 0. The zero-order valence-corrected chi connectivity index (χ0v) is 24.7. The van der Waals surface area contributed by atoms with Gasteiger partial charge in [0.05, 0.1) is 30.3 Å². The molecular formula is C32H40F2N4O4. The minimum Gasteiger partial charge on any atom is -0.432 e. The van der Waals surface area contributed by atoms with Crippen LogP contribution in [0, 0.1) is 13.8 Å². The number of carbonyl (C=O) groups excluding carboxylic acids is 1. The van der Waals surface area contributed by atoms with Crippen LogP contribution in [0.25, 0.3) is 22.6 Å². The molecule has 5 rings (SSSR count). The van der Waals surface area contributed by atoms with Crippen molar-refractivity contribution in [3.8, 4) is 5.75 Å². The summed E-state index contributed by atoms with van der Waals surface area (Å²) in [5, 5.41) is 16.1. The SMILES string of the molecule is C=CCC(F)(F)Oc1ccc2[nH]c(=C3CC3)/c(=C\c3[nH]c(C)c(C(=O)NCC(O)CN4C[C@@H](C)O[C@@H](C)C4)c3C)c2c1. The molecule has 1 aliphatic carbocycles. The quantitative estimate of drug-likeness (QED) is 0.274. The predicted molar refractivity (Wildman–Crippen MR) is 159 cm³/mol. The average molecular weight is 583 g/mol. The van der Waals surface area contributed by atoms with Gasteiger partial charge < -0.3 is 29.9 Å². The number of β-amino-alcohol motifs (C(OH)–C–C–N with tert-alkyl or cyclic N) is 1. The molecule has 1 saturated heterocycles.